The van der Waals surface area contributed by atoms with Gasteiger partial charge in [-0.1, -0.05) is 51.1 Å². The Morgan fingerprint density at radius 2 is 1.80 bits per heavy atom. The second-order valence-corrected chi connectivity index (χ2v) is 19.7. The highest BCUT2D eigenvalue weighted by Crippen LogP contribution is 2.47. The van der Waals surface area contributed by atoms with E-state index in [-0.39, 0.29) is 49.1 Å². The Morgan fingerprint density at radius 1 is 1.05 bits per heavy atom. The fourth-order valence-electron chi connectivity index (χ4n) is 8.42. The molecule has 0 spiro atoms. The van der Waals surface area contributed by atoms with Gasteiger partial charge in [0.15, 0.2) is 11.3 Å². The van der Waals surface area contributed by atoms with E-state index in [0.717, 1.165) is 25.7 Å². The molecule has 1 saturated heterocycles. The van der Waals surface area contributed by atoms with Crippen LogP contribution in [-0.2, 0) is 35.6 Å². The normalized spacial score (nSPS) is 31.0. The second kappa shape index (κ2) is 14.7. The first kappa shape index (κ1) is 39.6. The number of nitrogens with one attached hydrogen (secondary N) is 4. The van der Waals surface area contributed by atoms with Crippen molar-refractivity contribution < 1.29 is 37.1 Å². The maximum absolute atomic E-state index is 14.7. The molecule has 2 bridgehead atoms. The second-order valence-electron chi connectivity index (χ2n) is 17.5. The average Bonchev–Trinajstić information content (AvgIpc) is 3.95. The van der Waals surface area contributed by atoms with Crippen molar-refractivity contribution >= 4 is 44.7 Å². The van der Waals surface area contributed by atoms with Gasteiger partial charge in [0, 0.05) is 17.7 Å². The molecule has 2 aliphatic heterocycles. The van der Waals surface area contributed by atoms with Gasteiger partial charge in [-0.15, -0.1) is 6.58 Å². The molecule has 3 aliphatic carbocycles. The molecule has 2 aromatic rings. The van der Waals surface area contributed by atoms with E-state index in [2.05, 4.69) is 26.9 Å². The van der Waals surface area contributed by atoms with Gasteiger partial charge in [0.2, 0.25) is 21.8 Å². The Labute approximate surface area is 327 Å². The number of carbonyl (C=O) groups excluding carboxylic acids is 4. The molecule has 302 valence electrons. The lowest BCUT2D eigenvalue weighted by Gasteiger charge is -2.35. The number of hydrogen-bond acceptors (Lipinski definition) is 9. The van der Waals surface area contributed by atoms with E-state index in [1.807, 2.05) is 12.2 Å². The van der Waals surface area contributed by atoms with E-state index in [0.29, 0.717) is 35.7 Å². The minimum absolute atomic E-state index is 0.0282. The third kappa shape index (κ3) is 7.58. The summed E-state index contributed by atoms with van der Waals surface area (Å²) < 4.78 is 39.8. The molecular formula is C41H53N5O9S. The van der Waals surface area contributed by atoms with Crippen molar-refractivity contribution in [2.45, 2.75) is 126 Å². The Morgan fingerprint density at radius 3 is 2.50 bits per heavy atom. The highest BCUT2D eigenvalue weighted by molar-refractivity contribution is 7.91. The number of benzene rings is 1. The lowest BCUT2D eigenvalue weighted by molar-refractivity contribution is -0.143. The minimum Gasteiger partial charge on any atom is -0.473 e. The molecule has 4 fully saturated rings. The van der Waals surface area contributed by atoms with Crippen LogP contribution in [0.2, 0.25) is 0 Å². The number of alkyl carbamates (subject to hydrolysis) is 1. The summed E-state index contributed by atoms with van der Waals surface area (Å²) in [5, 5.41) is 6.13. The van der Waals surface area contributed by atoms with Gasteiger partial charge in [0.05, 0.1) is 22.4 Å². The molecule has 14 nitrogen and oxygen atoms in total. The largest absolute Gasteiger partial charge is 0.473 e. The number of amides is 4. The van der Waals surface area contributed by atoms with E-state index in [9.17, 15) is 32.4 Å². The summed E-state index contributed by atoms with van der Waals surface area (Å²) in [6.45, 7) is 10.7. The molecule has 7 atom stereocenters. The highest BCUT2D eigenvalue weighted by Gasteiger charge is 2.63. The zero-order valence-electron chi connectivity index (χ0n) is 32.5. The number of aromatic amines is 1. The number of carbonyl (C=O) groups is 4. The number of fused-ring (bicyclic) bond motifs is 5. The van der Waals surface area contributed by atoms with E-state index < -0.39 is 73.6 Å². The summed E-state index contributed by atoms with van der Waals surface area (Å²) >= 11 is 0. The number of pyridine rings is 1. The van der Waals surface area contributed by atoms with Gasteiger partial charge in [0.25, 0.3) is 5.91 Å². The third-order valence-corrected chi connectivity index (χ3v) is 14.6. The maximum atomic E-state index is 14.7. The lowest BCUT2D eigenvalue weighted by atomic mass is 9.85. The van der Waals surface area contributed by atoms with Gasteiger partial charge in [-0.05, 0) is 88.2 Å². The van der Waals surface area contributed by atoms with Gasteiger partial charge in [-0.25, -0.2) is 13.2 Å². The van der Waals surface area contributed by atoms with Crippen LogP contribution in [0, 0.1) is 17.3 Å². The first-order valence-electron chi connectivity index (χ1n) is 19.7. The standard InChI is InChI=1S/C41H53N5O9S/c1-6-25-22-41(25,37(50)45-56(52,53)40(5)19-20-40)44-34(48)30-21-26-23-46(30)36(49)33(39(2,3)4)43-38(51)55-31-18-12-14-24(31)13-8-7-9-16-28-32(47)27-15-10-11-17-29(27)42-35(28)54-26/h6-7,9-11,15,17,24-26,30-31,33H,1,8,12-14,16,18-23H2,2-5H3,(H,42,47)(H,43,51)(H,44,48)(H,45,50)/b9-7-/t24-,25-,26-,30+,31-,33-,41-/m1/s1. The molecule has 4 amide bonds. The van der Waals surface area contributed by atoms with Crippen LogP contribution in [0.3, 0.4) is 0 Å². The monoisotopic (exact) mass is 791 g/mol. The summed E-state index contributed by atoms with van der Waals surface area (Å²) in [7, 11) is -4.02. The SMILES string of the molecule is C=C[C@@H]1C[C@]1(NC(=O)[C@@H]1C[C@@H]2CN1C(=O)[C@H](C(C)(C)C)NC(=O)O[C@@H]1CCC[C@H]1CC/C=C\Cc1c([nH]c3ccccc3c1=O)O2)C(=O)NS(=O)(=O)C1(C)CC1. The van der Waals surface area contributed by atoms with E-state index in [4.69, 9.17) is 9.47 Å². The number of nitrogens with zero attached hydrogens (tertiary/aromatic N) is 1. The molecule has 3 saturated carbocycles. The molecule has 4 N–H and O–H groups in total. The topological polar surface area (TPSA) is 193 Å². The number of ether oxygens (including phenoxy) is 2. The fraction of sp³-hybridized carbons (Fsp3) is 0.585. The molecule has 5 aliphatic rings. The zero-order valence-corrected chi connectivity index (χ0v) is 33.3. The first-order valence-corrected chi connectivity index (χ1v) is 21.2. The number of aromatic nitrogens is 1. The van der Waals surface area contributed by atoms with Crippen LogP contribution >= 0.6 is 0 Å². The Bertz CT molecular complexity index is 2140. The predicted molar refractivity (Wildman–Crippen MR) is 209 cm³/mol. The molecular weight excluding hydrogens is 739 g/mol. The summed E-state index contributed by atoms with van der Waals surface area (Å²) in [4.78, 5) is 74.9. The van der Waals surface area contributed by atoms with Crippen molar-refractivity contribution in [3.8, 4) is 5.88 Å². The van der Waals surface area contributed by atoms with Crippen LogP contribution in [-0.4, -0.2) is 83.2 Å². The summed E-state index contributed by atoms with van der Waals surface area (Å²) in [5.41, 5.74) is -1.64. The third-order valence-electron chi connectivity index (χ3n) is 12.4. The summed E-state index contributed by atoms with van der Waals surface area (Å²) in [6, 6.07) is 4.81. The van der Waals surface area contributed by atoms with E-state index in [1.54, 1.807) is 52.0 Å². The van der Waals surface area contributed by atoms with Crippen molar-refractivity contribution in [1.29, 1.82) is 0 Å². The van der Waals surface area contributed by atoms with Gasteiger partial charge in [0.1, 0.15) is 29.8 Å². The first-order chi connectivity index (χ1) is 26.5. The van der Waals surface area contributed by atoms with Crippen molar-refractivity contribution in [1.82, 2.24) is 25.2 Å². The number of sulfonamides is 1. The van der Waals surface area contributed by atoms with Gasteiger partial charge in [-0.3, -0.25) is 23.9 Å². The number of hydrogen-bond donors (Lipinski definition) is 4. The van der Waals surface area contributed by atoms with Gasteiger partial charge in [-0.2, -0.15) is 0 Å². The molecule has 7 rings (SSSR count). The van der Waals surface area contributed by atoms with Crippen molar-refractivity contribution in [2.24, 2.45) is 17.3 Å². The molecule has 0 unspecified atom stereocenters. The lowest BCUT2D eigenvalue weighted by Crippen LogP contribution is -2.60. The van der Waals surface area contributed by atoms with Crippen LogP contribution in [0.25, 0.3) is 10.9 Å². The molecule has 1 aromatic heterocycles. The number of H-pyrrole nitrogens is 1. The van der Waals surface area contributed by atoms with Crippen LogP contribution in [0.15, 0.2) is 53.9 Å². The van der Waals surface area contributed by atoms with Crippen molar-refractivity contribution in [3.05, 3.63) is 64.9 Å². The van der Waals surface area contributed by atoms with Crippen molar-refractivity contribution in [2.75, 3.05) is 6.54 Å². The average molecular weight is 792 g/mol. The molecule has 1 aromatic carbocycles. The highest BCUT2D eigenvalue weighted by atomic mass is 32.2. The molecule has 3 heterocycles. The number of allylic oxidation sites excluding steroid dienone is 2. The van der Waals surface area contributed by atoms with E-state index >= 15 is 0 Å². The molecule has 15 heteroatoms. The molecule has 56 heavy (non-hydrogen) atoms. The van der Waals surface area contributed by atoms with Crippen LogP contribution in [0.1, 0.15) is 91.0 Å². The number of rotatable bonds is 6. The van der Waals surface area contributed by atoms with Gasteiger partial charge >= 0.3 is 6.09 Å². The Kier molecular flexibility index (Phi) is 10.4. The van der Waals surface area contributed by atoms with Crippen LogP contribution < -0.4 is 25.5 Å². The van der Waals surface area contributed by atoms with Crippen molar-refractivity contribution in [3.63, 3.8) is 0 Å². The Hall–Kier alpha value is -4.66. The zero-order chi connectivity index (χ0) is 40.2. The smallest absolute Gasteiger partial charge is 0.408 e. The maximum Gasteiger partial charge on any atom is 0.408 e. The predicted octanol–water partition coefficient (Wildman–Crippen LogP) is 4.14. The summed E-state index contributed by atoms with van der Waals surface area (Å²) in [6.07, 6.45) is 8.86. The van der Waals surface area contributed by atoms with E-state index in [1.165, 1.54) is 11.0 Å². The fourth-order valence-corrected chi connectivity index (χ4v) is 9.73. The quantitative estimate of drug-likeness (QED) is 0.312. The van der Waals surface area contributed by atoms with Crippen LogP contribution in [0.5, 0.6) is 5.88 Å². The Balaban J connectivity index is 1.24. The minimum atomic E-state index is -4.02. The number of para-hydroxylation sites is 1. The summed E-state index contributed by atoms with van der Waals surface area (Å²) in [5.74, 6) is -2.30. The van der Waals surface area contributed by atoms with Gasteiger partial charge < -0.3 is 30.0 Å². The van der Waals surface area contributed by atoms with Crippen LogP contribution in [0.4, 0.5) is 4.79 Å². The molecule has 0 radical (unpaired) electrons.